The summed E-state index contributed by atoms with van der Waals surface area (Å²) in [6.07, 6.45) is 0. The minimum atomic E-state index is 0.983. The number of rotatable bonds is 8. The Hall–Kier alpha value is -16.4. The molecular weight excluding hydrogens is 1500 g/mol. The molecule has 0 bridgehead atoms. The van der Waals surface area contributed by atoms with Gasteiger partial charge in [-0.15, -0.1) is 0 Å². The first-order valence-corrected chi connectivity index (χ1v) is 42.6. The Labute approximate surface area is 715 Å². The molecule has 0 radical (unpaired) electrons. The maximum Gasteiger partial charge on any atom is 0.0809 e. The summed E-state index contributed by atoms with van der Waals surface area (Å²) in [7, 11) is 0. The van der Waals surface area contributed by atoms with Gasteiger partial charge in [-0.3, -0.25) is 0 Å². The van der Waals surface area contributed by atoms with E-state index in [0.29, 0.717) is 0 Å². The number of hydrogen-bond acceptors (Lipinski definition) is 3. The van der Waals surface area contributed by atoms with Gasteiger partial charge in [-0.2, -0.15) is 0 Å². The molecule has 0 unspecified atom stereocenters. The van der Waals surface area contributed by atoms with Gasteiger partial charge >= 0.3 is 0 Å². The number of fused-ring (bicyclic) bond motifs is 27. The highest BCUT2D eigenvalue weighted by Crippen LogP contribution is 2.47. The molecule has 6 nitrogen and oxygen atoms in total. The molecule has 6 aromatic heterocycles. The summed E-state index contributed by atoms with van der Waals surface area (Å²) in [6.45, 7) is 2.17. The number of aryl methyl sites for hydroxylation is 1. The zero-order valence-electron chi connectivity index (χ0n) is 67.8. The van der Waals surface area contributed by atoms with Crippen molar-refractivity contribution < 1.29 is 0 Å². The molecule has 0 aliphatic heterocycles. The molecule has 26 aromatic rings. The van der Waals surface area contributed by atoms with Crippen molar-refractivity contribution in [3.05, 3.63) is 448 Å². The van der Waals surface area contributed by atoms with Crippen LogP contribution in [0.4, 0.5) is 0 Å². The number of aromatic nitrogens is 6. The second-order valence-corrected chi connectivity index (χ2v) is 32.3. The van der Waals surface area contributed by atoms with Crippen molar-refractivity contribution >= 4 is 163 Å². The van der Waals surface area contributed by atoms with Gasteiger partial charge < -0.3 is 13.7 Å². The van der Waals surface area contributed by atoms with E-state index in [0.717, 1.165) is 89.6 Å². The Morgan fingerprint density at radius 1 is 0.161 bits per heavy atom. The molecular formula is C118H76N6. The second kappa shape index (κ2) is 29.5. The van der Waals surface area contributed by atoms with Gasteiger partial charge in [0.2, 0.25) is 0 Å². The van der Waals surface area contributed by atoms with Crippen molar-refractivity contribution in [1.82, 2.24) is 28.7 Å². The van der Waals surface area contributed by atoms with E-state index in [9.17, 15) is 0 Å². The Bertz CT molecular complexity index is 8640. The summed E-state index contributed by atoms with van der Waals surface area (Å²) in [5.74, 6) is 0. The van der Waals surface area contributed by atoms with Crippen LogP contribution in [0.15, 0.2) is 443 Å². The summed E-state index contributed by atoms with van der Waals surface area (Å²) in [4.78, 5) is 16.4. The fourth-order valence-electron chi connectivity index (χ4n) is 19.9. The first-order valence-electron chi connectivity index (χ1n) is 42.6. The molecule has 0 saturated carbocycles. The SMILES string of the molecule is Cc1cc2c3ccccc3c3ccccc3c2nc1-c1ccc(-n2c3ccccc3c3ccccc32)cc1.c1ccc(-c2cc3c4ccccc4c4ccccc4c3nc2-c2ccc(-n3c4ccccc4c4ccccc43)cc2)cc1.c1ccc(-c2cc3c4ccccc4c4ccccc4c3nc2-c2ccccc2-n2c3ccccc3c3ccccc32)cc1. The fourth-order valence-corrected chi connectivity index (χ4v) is 19.9. The van der Waals surface area contributed by atoms with Gasteiger partial charge in [-0.1, -0.05) is 358 Å². The lowest BCUT2D eigenvalue weighted by atomic mass is 9.92. The standard InChI is InChI=1S/2C41H26N2.C36H24N2/c1-2-14-27(15-3-1)35-26-36-30-18-5-4-16-28(30)29-17-6-7-21-33(29)40(36)42-41(35)34-22-10-13-25-39(34)43-37-23-11-8-19-31(37)32-20-9-12-24-38(32)43;1-2-12-27(13-3-1)36-26-37-32-16-5-4-14-30(32)31-15-6-7-19-35(31)41(37)42-40(36)28-22-24-29(25-23-28)43-38-20-10-8-17-33(38)34-18-9-11-21-39(34)43;1-23-22-32-28-12-3-2-10-26(28)27-11-4-5-15-31(27)36(32)37-35(23)24-18-20-25(21-19-24)38-33-16-8-6-13-29(33)30-14-7-9-17-34(30)38/h2*1-26H;2-22H,1H3. The average molecular weight is 1580 g/mol. The van der Waals surface area contributed by atoms with Crippen molar-refractivity contribution in [3.8, 4) is 73.1 Å². The Morgan fingerprint density at radius 3 is 0.758 bits per heavy atom. The van der Waals surface area contributed by atoms with Crippen molar-refractivity contribution in [2.75, 3.05) is 0 Å². The number of pyridine rings is 3. The molecule has 0 aliphatic carbocycles. The lowest BCUT2D eigenvalue weighted by molar-refractivity contribution is 1.18. The van der Waals surface area contributed by atoms with Crippen molar-refractivity contribution in [1.29, 1.82) is 0 Å². The fraction of sp³-hybridized carbons (Fsp3) is 0.00847. The van der Waals surface area contributed by atoms with Crippen molar-refractivity contribution in [3.63, 3.8) is 0 Å². The van der Waals surface area contributed by atoms with Gasteiger partial charge in [0.1, 0.15) is 0 Å². The van der Waals surface area contributed by atoms with Crippen LogP contribution in [0.2, 0.25) is 0 Å². The van der Waals surface area contributed by atoms with Gasteiger partial charge in [0.05, 0.1) is 72.4 Å². The van der Waals surface area contributed by atoms with E-state index in [1.54, 1.807) is 0 Å². The molecule has 0 saturated heterocycles. The Kier molecular flexibility index (Phi) is 17.1. The molecule has 0 spiro atoms. The summed E-state index contributed by atoms with van der Waals surface area (Å²) in [5.41, 5.74) is 25.9. The van der Waals surface area contributed by atoms with E-state index < -0.39 is 0 Å². The van der Waals surface area contributed by atoms with Gasteiger partial charge in [0.25, 0.3) is 0 Å². The monoisotopic (exact) mass is 1580 g/mol. The van der Waals surface area contributed by atoms with E-state index in [4.69, 9.17) is 15.0 Å². The predicted octanol–water partition coefficient (Wildman–Crippen LogP) is 31.6. The molecule has 6 heterocycles. The molecule has 0 aliphatic rings. The van der Waals surface area contributed by atoms with Gasteiger partial charge in [-0.05, 0) is 157 Å². The summed E-state index contributed by atoms with van der Waals surface area (Å²) in [6, 6.07) is 159. The van der Waals surface area contributed by atoms with Crippen molar-refractivity contribution in [2.24, 2.45) is 0 Å². The summed E-state index contributed by atoms with van der Waals surface area (Å²) >= 11 is 0. The van der Waals surface area contributed by atoms with Crippen LogP contribution in [0.1, 0.15) is 5.56 Å². The molecule has 0 atom stereocenters. The molecule has 6 heteroatoms. The van der Waals surface area contributed by atoms with Crippen LogP contribution in [0.5, 0.6) is 0 Å². The topological polar surface area (TPSA) is 53.5 Å². The second-order valence-electron chi connectivity index (χ2n) is 32.3. The number of benzene rings is 20. The molecule has 578 valence electrons. The number of nitrogens with zero attached hydrogens (tertiary/aromatic N) is 6. The molecule has 0 fully saturated rings. The minimum Gasteiger partial charge on any atom is -0.309 e. The van der Waals surface area contributed by atoms with Gasteiger partial charge in [-0.25, -0.2) is 15.0 Å². The van der Waals surface area contributed by atoms with Crippen LogP contribution >= 0.6 is 0 Å². The largest absolute Gasteiger partial charge is 0.309 e. The molecule has 20 aromatic carbocycles. The molecule has 0 N–H and O–H groups in total. The maximum atomic E-state index is 5.62. The van der Waals surface area contributed by atoms with E-state index in [1.165, 1.54) is 152 Å². The molecule has 124 heavy (non-hydrogen) atoms. The van der Waals surface area contributed by atoms with Crippen molar-refractivity contribution in [2.45, 2.75) is 6.92 Å². The zero-order chi connectivity index (χ0) is 81.9. The quantitative estimate of drug-likeness (QED) is 0.143. The average Bonchev–Trinajstić information content (AvgIpc) is 1.46. The number of hydrogen-bond donors (Lipinski definition) is 0. The minimum absolute atomic E-state index is 0.983. The van der Waals surface area contributed by atoms with Crippen LogP contribution in [-0.4, -0.2) is 28.7 Å². The molecule has 26 rings (SSSR count). The normalized spacial score (nSPS) is 11.8. The van der Waals surface area contributed by atoms with Crippen LogP contribution < -0.4 is 0 Å². The van der Waals surface area contributed by atoms with Crippen LogP contribution in [0.25, 0.3) is 236 Å². The lowest BCUT2D eigenvalue weighted by Crippen LogP contribution is -2.00. The first-order chi connectivity index (χ1) is 61.5. The summed E-state index contributed by atoms with van der Waals surface area (Å²) in [5, 5.41) is 25.9. The smallest absolute Gasteiger partial charge is 0.0809 e. The maximum absolute atomic E-state index is 5.62. The third-order valence-electron chi connectivity index (χ3n) is 25.4. The highest BCUT2D eigenvalue weighted by Gasteiger charge is 2.24. The Balaban J connectivity index is 0.000000105. The predicted molar refractivity (Wildman–Crippen MR) is 525 cm³/mol. The Morgan fingerprint density at radius 2 is 0.403 bits per heavy atom. The third kappa shape index (κ3) is 11.7. The van der Waals surface area contributed by atoms with Crippen LogP contribution in [-0.2, 0) is 0 Å². The third-order valence-corrected chi connectivity index (χ3v) is 25.4. The van der Waals surface area contributed by atoms with E-state index in [-0.39, 0.29) is 0 Å². The van der Waals surface area contributed by atoms with Gasteiger partial charge in [0.15, 0.2) is 0 Å². The zero-order valence-corrected chi connectivity index (χ0v) is 67.8. The van der Waals surface area contributed by atoms with Crippen LogP contribution in [0, 0.1) is 6.92 Å². The number of para-hydroxylation sites is 7. The van der Waals surface area contributed by atoms with E-state index >= 15 is 0 Å². The van der Waals surface area contributed by atoms with E-state index in [2.05, 4.69) is 463 Å². The summed E-state index contributed by atoms with van der Waals surface area (Å²) < 4.78 is 7.12. The van der Waals surface area contributed by atoms with E-state index in [1.807, 2.05) is 0 Å². The highest BCUT2D eigenvalue weighted by molar-refractivity contribution is 6.28. The molecule has 0 amide bonds. The highest BCUT2D eigenvalue weighted by atomic mass is 15.0. The van der Waals surface area contributed by atoms with Gasteiger partial charge in [0, 0.05) is 104 Å². The lowest BCUT2D eigenvalue weighted by Gasteiger charge is -2.18. The first kappa shape index (κ1) is 71.7. The van der Waals surface area contributed by atoms with Crippen LogP contribution in [0.3, 0.4) is 0 Å².